The van der Waals surface area contributed by atoms with Crippen LogP contribution in [0.5, 0.6) is 0 Å². The van der Waals surface area contributed by atoms with Crippen molar-refractivity contribution in [2.45, 2.75) is 24.9 Å². The quantitative estimate of drug-likeness (QED) is 0.873. The van der Waals surface area contributed by atoms with Crippen LogP contribution in [0.2, 0.25) is 0 Å². The van der Waals surface area contributed by atoms with Gasteiger partial charge in [0.05, 0.1) is 11.4 Å². The number of rotatable bonds is 3. The van der Waals surface area contributed by atoms with Crippen molar-refractivity contribution in [3.05, 3.63) is 59.3 Å². The molecule has 6 nitrogen and oxygen atoms in total. The van der Waals surface area contributed by atoms with Gasteiger partial charge < -0.3 is 14.9 Å². The number of hydrogen-bond donors (Lipinski definition) is 1. The summed E-state index contributed by atoms with van der Waals surface area (Å²) in [7, 11) is 0. The first-order valence-corrected chi connectivity index (χ1v) is 10.1. The summed E-state index contributed by atoms with van der Waals surface area (Å²) in [5.74, 6) is -0.218. The highest BCUT2D eigenvalue weighted by Crippen LogP contribution is 2.37. The Balaban J connectivity index is 1.24. The van der Waals surface area contributed by atoms with Crippen molar-refractivity contribution in [2.75, 3.05) is 26.2 Å². The molecular formula is C23H23N3O3. The van der Waals surface area contributed by atoms with E-state index in [0.717, 1.165) is 23.4 Å². The third kappa shape index (κ3) is 3.34. The molecule has 1 aliphatic heterocycles. The van der Waals surface area contributed by atoms with Crippen LogP contribution in [0.1, 0.15) is 34.5 Å². The van der Waals surface area contributed by atoms with Gasteiger partial charge in [-0.25, -0.2) is 4.98 Å². The van der Waals surface area contributed by atoms with Gasteiger partial charge in [0.25, 0.3) is 11.8 Å². The van der Waals surface area contributed by atoms with Gasteiger partial charge >= 0.3 is 0 Å². The van der Waals surface area contributed by atoms with Crippen molar-refractivity contribution in [3.63, 3.8) is 0 Å². The van der Waals surface area contributed by atoms with Crippen molar-refractivity contribution in [2.24, 2.45) is 0 Å². The standard InChI is InChI=1S/C23H23N3O3/c27-21(25-12-14-26(15-13-25)22(28)23(29)10-11-23)18-6-4-17(5-7-18)20-9-8-16-2-1-3-19(16)24-20/h1,3-9,29H,2,10-15H2. The molecule has 29 heavy (non-hydrogen) atoms. The third-order valence-electron chi connectivity index (χ3n) is 6.03. The molecule has 0 unspecified atom stereocenters. The van der Waals surface area contributed by atoms with E-state index in [4.69, 9.17) is 4.98 Å². The van der Waals surface area contributed by atoms with Crippen LogP contribution in [0, 0.1) is 0 Å². The summed E-state index contributed by atoms with van der Waals surface area (Å²) in [4.78, 5) is 33.2. The van der Waals surface area contributed by atoms with E-state index in [1.54, 1.807) is 9.80 Å². The minimum Gasteiger partial charge on any atom is -0.380 e. The Kier molecular flexibility index (Phi) is 4.24. The zero-order valence-corrected chi connectivity index (χ0v) is 16.2. The van der Waals surface area contributed by atoms with Gasteiger partial charge in [-0.2, -0.15) is 0 Å². The maximum Gasteiger partial charge on any atom is 0.254 e. The first-order valence-electron chi connectivity index (χ1n) is 10.1. The van der Waals surface area contributed by atoms with Crippen molar-refractivity contribution in [1.29, 1.82) is 0 Å². The van der Waals surface area contributed by atoms with Gasteiger partial charge in [0.1, 0.15) is 5.60 Å². The highest BCUT2D eigenvalue weighted by Gasteiger charge is 2.50. The Hall–Kier alpha value is -2.99. The van der Waals surface area contributed by atoms with Crippen molar-refractivity contribution < 1.29 is 14.7 Å². The number of amides is 2. The van der Waals surface area contributed by atoms with E-state index in [9.17, 15) is 14.7 Å². The Morgan fingerprint density at radius 1 is 0.931 bits per heavy atom. The number of fused-ring (bicyclic) bond motifs is 1. The van der Waals surface area contributed by atoms with Gasteiger partial charge in [-0.15, -0.1) is 0 Å². The molecule has 0 radical (unpaired) electrons. The van der Waals surface area contributed by atoms with Crippen molar-refractivity contribution >= 4 is 17.9 Å². The normalized spacial score (nSPS) is 19.2. The fraction of sp³-hybridized carbons (Fsp3) is 0.348. The number of carbonyl (C=O) groups is 2. The summed E-state index contributed by atoms with van der Waals surface area (Å²) in [5.41, 5.74) is 3.65. The Labute approximate surface area is 169 Å². The maximum atomic E-state index is 12.8. The molecule has 1 aromatic heterocycles. The van der Waals surface area contributed by atoms with Crippen LogP contribution >= 0.6 is 0 Å². The summed E-state index contributed by atoms with van der Waals surface area (Å²) in [6.07, 6.45) is 6.19. The zero-order valence-electron chi connectivity index (χ0n) is 16.2. The van der Waals surface area contributed by atoms with E-state index in [2.05, 4.69) is 12.1 Å². The largest absolute Gasteiger partial charge is 0.380 e. The van der Waals surface area contributed by atoms with Gasteiger partial charge in [-0.05, 0) is 49.1 Å². The van der Waals surface area contributed by atoms with Crippen LogP contribution in [-0.4, -0.2) is 63.5 Å². The number of pyridine rings is 1. The molecule has 6 heteroatoms. The van der Waals surface area contributed by atoms with E-state index in [1.807, 2.05) is 36.4 Å². The van der Waals surface area contributed by atoms with E-state index in [-0.39, 0.29) is 11.8 Å². The molecule has 1 N–H and O–H groups in total. The van der Waals surface area contributed by atoms with Gasteiger partial charge in [0.2, 0.25) is 0 Å². The minimum absolute atomic E-state index is 0.0290. The van der Waals surface area contributed by atoms with Crippen LogP contribution in [0.4, 0.5) is 0 Å². The van der Waals surface area contributed by atoms with E-state index >= 15 is 0 Å². The van der Waals surface area contributed by atoms with Crippen LogP contribution in [-0.2, 0) is 11.2 Å². The van der Waals surface area contributed by atoms with Crippen molar-refractivity contribution in [1.82, 2.24) is 14.8 Å². The number of hydrogen-bond acceptors (Lipinski definition) is 4. The fourth-order valence-electron chi connectivity index (χ4n) is 3.98. The number of aliphatic hydroxyl groups is 1. The van der Waals surface area contributed by atoms with Gasteiger partial charge in [-0.3, -0.25) is 9.59 Å². The average molecular weight is 389 g/mol. The topological polar surface area (TPSA) is 73.7 Å². The molecule has 2 amide bonds. The number of piperazine rings is 1. The molecule has 0 spiro atoms. The second-order valence-corrected chi connectivity index (χ2v) is 8.04. The first-order chi connectivity index (χ1) is 14.0. The molecular weight excluding hydrogens is 366 g/mol. The highest BCUT2D eigenvalue weighted by molar-refractivity contribution is 5.95. The van der Waals surface area contributed by atoms with E-state index in [1.165, 1.54) is 5.56 Å². The van der Waals surface area contributed by atoms with Crippen LogP contribution in [0.3, 0.4) is 0 Å². The molecule has 1 aromatic carbocycles. The molecule has 5 rings (SSSR count). The summed E-state index contributed by atoms with van der Waals surface area (Å²) in [6, 6.07) is 11.7. The van der Waals surface area contributed by atoms with Gasteiger partial charge in [0, 0.05) is 37.3 Å². The van der Waals surface area contributed by atoms with Crippen LogP contribution < -0.4 is 0 Å². The minimum atomic E-state index is -1.14. The smallest absolute Gasteiger partial charge is 0.254 e. The molecule has 0 atom stereocenters. The summed E-state index contributed by atoms with van der Waals surface area (Å²) >= 11 is 0. The Bertz CT molecular complexity index is 1000. The zero-order chi connectivity index (χ0) is 20.0. The molecule has 2 aromatic rings. The molecule has 0 bridgehead atoms. The summed E-state index contributed by atoms with van der Waals surface area (Å²) in [6.45, 7) is 1.91. The lowest BCUT2D eigenvalue weighted by atomic mass is 10.1. The number of aromatic nitrogens is 1. The van der Waals surface area contributed by atoms with Crippen LogP contribution in [0.25, 0.3) is 17.3 Å². The Morgan fingerprint density at radius 2 is 1.62 bits per heavy atom. The second kappa shape index (κ2) is 6.81. The first kappa shape index (κ1) is 18.1. The molecule has 2 fully saturated rings. The average Bonchev–Trinajstić information content (AvgIpc) is 3.34. The monoisotopic (exact) mass is 389 g/mol. The van der Waals surface area contributed by atoms with E-state index in [0.29, 0.717) is 44.6 Å². The van der Waals surface area contributed by atoms with Crippen molar-refractivity contribution in [3.8, 4) is 11.3 Å². The van der Waals surface area contributed by atoms with E-state index < -0.39 is 5.60 Å². The fourth-order valence-corrected chi connectivity index (χ4v) is 3.98. The molecule has 148 valence electrons. The molecule has 1 saturated carbocycles. The lowest BCUT2D eigenvalue weighted by molar-refractivity contribution is -0.143. The van der Waals surface area contributed by atoms with Gasteiger partial charge in [0.15, 0.2) is 0 Å². The number of nitrogens with zero attached hydrogens (tertiary/aromatic N) is 3. The summed E-state index contributed by atoms with van der Waals surface area (Å²) in [5, 5.41) is 9.99. The second-order valence-electron chi connectivity index (χ2n) is 8.04. The maximum absolute atomic E-state index is 12.8. The lowest BCUT2D eigenvalue weighted by Gasteiger charge is -2.35. The lowest BCUT2D eigenvalue weighted by Crippen LogP contribution is -2.53. The van der Waals surface area contributed by atoms with Gasteiger partial charge in [-0.1, -0.05) is 24.3 Å². The Morgan fingerprint density at radius 3 is 2.31 bits per heavy atom. The predicted molar refractivity (Wildman–Crippen MR) is 109 cm³/mol. The summed E-state index contributed by atoms with van der Waals surface area (Å²) < 4.78 is 0. The number of allylic oxidation sites excluding steroid dienone is 1. The highest BCUT2D eigenvalue weighted by atomic mass is 16.3. The molecule has 2 aliphatic carbocycles. The molecule has 1 saturated heterocycles. The third-order valence-corrected chi connectivity index (χ3v) is 6.03. The number of carbonyl (C=O) groups excluding carboxylic acids is 2. The molecule has 3 aliphatic rings. The number of benzene rings is 1. The molecule has 2 heterocycles. The van der Waals surface area contributed by atoms with Crippen LogP contribution in [0.15, 0.2) is 42.5 Å². The predicted octanol–water partition coefficient (Wildman–Crippen LogP) is 2.13. The SMILES string of the molecule is O=C(c1ccc(-c2ccc3c(n2)C=CC3)cc1)N1CCN(C(=O)C2(O)CC2)CC1.